The molecule has 0 bridgehead atoms. The van der Waals surface area contributed by atoms with Crippen LogP contribution in [0.5, 0.6) is 5.75 Å². The molecule has 1 unspecified atom stereocenters. The van der Waals surface area contributed by atoms with E-state index in [4.69, 9.17) is 16.3 Å². The zero-order chi connectivity index (χ0) is 10.7. The highest BCUT2D eigenvalue weighted by Gasteiger charge is 2.10. The molecule has 1 aromatic rings. The average molecular weight is 280 g/mol. The van der Waals surface area contributed by atoms with Gasteiger partial charge in [-0.1, -0.05) is 27.5 Å². The molecule has 78 valence electrons. The zero-order valence-electron chi connectivity index (χ0n) is 8.00. The minimum Gasteiger partial charge on any atom is -0.488 e. The van der Waals surface area contributed by atoms with E-state index in [1.54, 1.807) is 26.0 Å². The van der Waals surface area contributed by atoms with Crippen molar-refractivity contribution >= 4 is 27.5 Å². The molecule has 0 amide bonds. The van der Waals surface area contributed by atoms with Crippen LogP contribution < -0.4 is 4.74 Å². The highest BCUT2D eigenvalue weighted by Crippen LogP contribution is 2.25. The van der Waals surface area contributed by atoms with Crippen molar-refractivity contribution in [2.24, 2.45) is 0 Å². The van der Waals surface area contributed by atoms with E-state index in [1.165, 1.54) is 0 Å². The van der Waals surface area contributed by atoms with Gasteiger partial charge in [-0.3, -0.25) is 0 Å². The number of rotatable bonds is 3. The van der Waals surface area contributed by atoms with Crippen LogP contribution in [0.2, 0.25) is 5.02 Å². The van der Waals surface area contributed by atoms with Gasteiger partial charge in [0.15, 0.2) is 0 Å². The van der Waals surface area contributed by atoms with E-state index in [0.717, 1.165) is 4.47 Å². The summed E-state index contributed by atoms with van der Waals surface area (Å²) in [6.45, 7) is 3.49. The zero-order valence-corrected chi connectivity index (χ0v) is 10.3. The minimum atomic E-state index is -0.507. The normalized spacial score (nSPS) is 14.9. The van der Waals surface area contributed by atoms with Gasteiger partial charge in [-0.15, -0.1) is 0 Å². The summed E-state index contributed by atoms with van der Waals surface area (Å²) >= 11 is 9.15. The molecule has 1 N–H and O–H groups in total. The lowest BCUT2D eigenvalue weighted by molar-refractivity contribution is 0.0604. The molecule has 0 saturated heterocycles. The van der Waals surface area contributed by atoms with Crippen LogP contribution in [-0.4, -0.2) is 17.3 Å². The van der Waals surface area contributed by atoms with Crippen LogP contribution in [0, 0.1) is 0 Å². The molecule has 0 radical (unpaired) electrons. The number of hydrogen-bond donors (Lipinski definition) is 1. The first-order valence-electron chi connectivity index (χ1n) is 4.30. The van der Waals surface area contributed by atoms with Gasteiger partial charge in [0.25, 0.3) is 0 Å². The van der Waals surface area contributed by atoms with E-state index >= 15 is 0 Å². The Hall–Kier alpha value is -0.250. The molecule has 2 nitrogen and oxygen atoms in total. The Bertz CT molecular complexity index is 295. The predicted molar refractivity (Wildman–Crippen MR) is 60.9 cm³/mol. The quantitative estimate of drug-likeness (QED) is 0.920. The summed E-state index contributed by atoms with van der Waals surface area (Å²) < 4.78 is 6.33. The predicted octanol–water partition coefficient (Wildman–Crippen LogP) is 3.25. The van der Waals surface area contributed by atoms with E-state index < -0.39 is 6.10 Å². The van der Waals surface area contributed by atoms with E-state index in [-0.39, 0.29) is 6.10 Å². The van der Waals surface area contributed by atoms with Crippen LogP contribution in [0.25, 0.3) is 0 Å². The first-order chi connectivity index (χ1) is 6.49. The Balaban J connectivity index is 2.76. The lowest BCUT2D eigenvalue weighted by Crippen LogP contribution is -2.25. The fourth-order valence-electron chi connectivity index (χ4n) is 0.910. The molecule has 0 aromatic heterocycles. The maximum atomic E-state index is 9.25. The molecule has 2 atom stereocenters. The Morgan fingerprint density at radius 3 is 2.50 bits per heavy atom. The van der Waals surface area contributed by atoms with E-state index in [2.05, 4.69) is 15.9 Å². The van der Waals surface area contributed by atoms with Gasteiger partial charge >= 0.3 is 0 Å². The third kappa shape index (κ3) is 3.48. The number of aliphatic hydroxyl groups excluding tert-OH is 1. The largest absolute Gasteiger partial charge is 0.488 e. The molecule has 0 saturated carbocycles. The van der Waals surface area contributed by atoms with E-state index in [9.17, 15) is 5.11 Å². The second-order valence-corrected chi connectivity index (χ2v) is 4.52. The Kier molecular flexibility index (Phi) is 4.23. The molecule has 1 aromatic carbocycles. The van der Waals surface area contributed by atoms with Gasteiger partial charge in [0.05, 0.1) is 6.10 Å². The average Bonchev–Trinajstić information content (AvgIpc) is 2.01. The van der Waals surface area contributed by atoms with Crippen LogP contribution in [0.1, 0.15) is 13.8 Å². The number of halogens is 2. The molecule has 0 heterocycles. The van der Waals surface area contributed by atoms with Gasteiger partial charge in [0, 0.05) is 9.50 Å². The van der Waals surface area contributed by atoms with Crippen molar-refractivity contribution in [2.75, 3.05) is 0 Å². The van der Waals surface area contributed by atoms with Crippen molar-refractivity contribution in [3.63, 3.8) is 0 Å². The lowest BCUT2D eigenvalue weighted by atomic mass is 10.2. The molecule has 0 aliphatic heterocycles. The van der Waals surface area contributed by atoms with Crippen LogP contribution in [0.15, 0.2) is 22.7 Å². The molecule has 0 spiro atoms. The lowest BCUT2D eigenvalue weighted by Gasteiger charge is -2.17. The van der Waals surface area contributed by atoms with Gasteiger partial charge in [-0.25, -0.2) is 0 Å². The maximum Gasteiger partial charge on any atom is 0.122 e. The summed E-state index contributed by atoms with van der Waals surface area (Å²) in [5.41, 5.74) is 0. The highest BCUT2D eigenvalue weighted by molar-refractivity contribution is 9.10. The summed E-state index contributed by atoms with van der Waals surface area (Å²) in [6.07, 6.45) is -0.756. The smallest absolute Gasteiger partial charge is 0.122 e. The highest BCUT2D eigenvalue weighted by atomic mass is 79.9. The van der Waals surface area contributed by atoms with E-state index in [0.29, 0.717) is 10.8 Å². The van der Waals surface area contributed by atoms with Gasteiger partial charge in [-0.2, -0.15) is 0 Å². The van der Waals surface area contributed by atoms with Crippen molar-refractivity contribution in [2.45, 2.75) is 26.1 Å². The first-order valence-corrected chi connectivity index (χ1v) is 5.47. The third-order valence-corrected chi connectivity index (χ3v) is 2.51. The van der Waals surface area contributed by atoms with Crippen molar-refractivity contribution < 1.29 is 9.84 Å². The number of aliphatic hydroxyl groups is 1. The molecular weight excluding hydrogens is 267 g/mol. The van der Waals surface area contributed by atoms with Crippen molar-refractivity contribution in [1.82, 2.24) is 0 Å². The molecule has 0 aliphatic carbocycles. The molecule has 0 fully saturated rings. The first kappa shape index (κ1) is 11.8. The molecule has 0 aliphatic rings. The van der Waals surface area contributed by atoms with Crippen LogP contribution >= 0.6 is 27.5 Å². The van der Waals surface area contributed by atoms with Gasteiger partial charge in [-0.05, 0) is 32.0 Å². The molecule has 14 heavy (non-hydrogen) atoms. The van der Waals surface area contributed by atoms with E-state index in [1.807, 2.05) is 6.07 Å². The monoisotopic (exact) mass is 278 g/mol. The van der Waals surface area contributed by atoms with Crippen molar-refractivity contribution in [1.29, 1.82) is 0 Å². The van der Waals surface area contributed by atoms with Gasteiger partial charge in [0.1, 0.15) is 11.9 Å². The Labute approximate surface area is 97.0 Å². The summed E-state index contributed by atoms with van der Waals surface area (Å²) in [5.74, 6) is 0.651. The number of ether oxygens (including phenoxy) is 1. The number of benzene rings is 1. The molecule has 1 rings (SSSR count). The topological polar surface area (TPSA) is 29.5 Å². The minimum absolute atomic E-state index is 0.250. The molecule has 4 heteroatoms. The van der Waals surface area contributed by atoms with Crippen LogP contribution in [-0.2, 0) is 0 Å². The second-order valence-electron chi connectivity index (χ2n) is 3.17. The second kappa shape index (κ2) is 5.01. The van der Waals surface area contributed by atoms with Crippen molar-refractivity contribution in [3.05, 3.63) is 27.7 Å². The van der Waals surface area contributed by atoms with Gasteiger partial charge < -0.3 is 9.84 Å². The van der Waals surface area contributed by atoms with Crippen LogP contribution in [0.3, 0.4) is 0 Å². The maximum absolute atomic E-state index is 9.25. The Morgan fingerprint density at radius 1 is 1.36 bits per heavy atom. The standard InChI is InChI=1S/C10H12BrClO2/c1-6(13)7(2)14-10-4-8(11)3-9(12)5-10/h3-7,13H,1-2H3/t6-,7?/m0/s1. The number of hydrogen-bond acceptors (Lipinski definition) is 2. The Morgan fingerprint density at radius 2 is 2.00 bits per heavy atom. The fourth-order valence-corrected chi connectivity index (χ4v) is 1.74. The van der Waals surface area contributed by atoms with Gasteiger partial charge in [0.2, 0.25) is 0 Å². The third-order valence-electron chi connectivity index (χ3n) is 1.84. The van der Waals surface area contributed by atoms with Crippen molar-refractivity contribution in [3.8, 4) is 5.75 Å². The SMILES string of the molecule is CC(Oc1cc(Cl)cc(Br)c1)[C@H](C)O. The summed E-state index contributed by atoms with van der Waals surface area (Å²) in [7, 11) is 0. The summed E-state index contributed by atoms with van der Waals surface area (Å²) in [6, 6.07) is 5.30. The fraction of sp³-hybridized carbons (Fsp3) is 0.400. The van der Waals surface area contributed by atoms with Crippen LogP contribution in [0.4, 0.5) is 0 Å². The molecular formula is C10H12BrClO2. The summed E-state index contributed by atoms with van der Waals surface area (Å²) in [4.78, 5) is 0. The summed E-state index contributed by atoms with van der Waals surface area (Å²) in [5, 5.41) is 9.85.